The van der Waals surface area contributed by atoms with Crippen LogP contribution >= 0.6 is 24.0 Å². The monoisotopic (exact) mass is 366 g/mol. The molecule has 0 spiro atoms. The smallest absolute Gasteiger partial charge is 0.328 e. The molecule has 1 aromatic rings. The number of nitrogens with one attached hydrogen (secondary N) is 1. The van der Waals surface area contributed by atoms with Gasteiger partial charge in [-0.05, 0) is 31.5 Å². The summed E-state index contributed by atoms with van der Waals surface area (Å²) in [6.45, 7) is 1.62. The molecule has 1 atom stereocenters. The molecule has 1 unspecified atom stereocenters. The van der Waals surface area contributed by atoms with E-state index in [4.69, 9.17) is 17.3 Å². The molecule has 0 bridgehead atoms. The van der Waals surface area contributed by atoms with Crippen LogP contribution in [0.1, 0.15) is 18.9 Å². The van der Waals surface area contributed by atoms with Crippen LogP contribution in [0.25, 0.3) is 0 Å². The third-order valence-electron chi connectivity index (χ3n) is 2.43. The number of alkyl halides is 3. The minimum atomic E-state index is -4.81. The van der Waals surface area contributed by atoms with E-state index in [-0.39, 0.29) is 30.0 Å². The average Bonchev–Trinajstić information content (AvgIpc) is 2.26. The summed E-state index contributed by atoms with van der Waals surface area (Å²) in [7, 11) is -4.27. The normalized spacial score (nSPS) is 13.6. The average molecular weight is 367 g/mol. The van der Waals surface area contributed by atoms with Crippen LogP contribution in [0.2, 0.25) is 5.02 Å². The minimum absolute atomic E-state index is 0. The zero-order valence-electron chi connectivity index (χ0n) is 10.9. The molecule has 0 aliphatic heterocycles. The van der Waals surface area contributed by atoms with Gasteiger partial charge in [0.1, 0.15) is 0 Å². The van der Waals surface area contributed by atoms with Crippen molar-refractivity contribution in [1.29, 1.82) is 0 Å². The maximum Gasteiger partial charge on any atom is 0.417 e. The van der Waals surface area contributed by atoms with Crippen molar-refractivity contribution in [2.24, 2.45) is 5.73 Å². The number of nitrogens with two attached hydrogens (primary N) is 1. The van der Waals surface area contributed by atoms with Crippen LogP contribution in [0.15, 0.2) is 23.1 Å². The van der Waals surface area contributed by atoms with Crippen molar-refractivity contribution < 1.29 is 21.6 Å². The second-order valence-corrected chi connectivity index (χ2v) is 6.47. The Labute approximate surface area is 132 Å². The van der Waals surface area contributed by atoms with Gasteiger partial charge in [0.15, 0.2) is 0 Å². The Morgan fingerprint density at radius 3 is 2.43 bits per heavy atom. The van der Waals surface area contributed by atoms with Crippen LogP contribution in [-0.4, -0.2) is 21.0 Å². The summed E-state index contributed by atoms with van der Waals surface area (Å²) < 4.78 is 64.4. The quantitative estimate of drug-likeness (QED) is 0.841. The maximum atomic E-state index is 12.8. The lowest BCUT2D eigenvalue weighted by Crippen LogP contribution is -2.30. The molecule has 0 amide bonds. The van der Waals surface area contributed by atoms with E-state index in [0.29, 0.717) is 12.5 Å². The largest absolute Gasteiger partial charge is 0.417 e. The number of sulfonamides is 1. The molecular formula is C11H15Cl2F3N2O2S. The summed E-state index contributed by atoms with van der Waals surface area (Å²) in [5.74, 6) is 0. The predicted octanol–water partition coefficient (Wildman–Crippen LogP) is 2.80. The Bertz CT molecular complexity index is 577. The molecule has 3 N–H and O–H groups in total. The Hall–Kier alpha value is -0.540. The van der Waals surface area contributed by atoms with Gasteiger partial charge in [-0.1, -0.05) is 11.6 Å². The molecule has 0 aliphatic carbocycles. The van der Waals surface area contributed by atoms with Crippen molar-refractivity contribution in [3.8, 4) is 0 Å². The predicted molar refractivity (Wildman–Crippen MR) is 77.2 cm³/mol. The van der Waals surface area contributed by atoms with Gasteiger partial charge < -0.3 is 5.73 Å². The Morgan fingerprint density at radius 2 is 1.95 bits per heavy atom. The van der Waals surface area contributed by atoms with Gasteiger partial charge in [-0.15, -0.1) is 12.4 Å². The van der Waals surface area contributed by atoms with Gasteiger partial charge in [0, 0.05) is 17.6 Å². The molecule has 1 aromatic carbocycles. The first-order valence-electron chi connectivity index (χ1n) is 5.66. The summed E-state index contributed by atoms with van der Waals surface area (Å²) in [4.78, 5) is -0.848. The van der Waals surface area contributed by atoms with Crippen LogP contribution in [0.5, 0.6) is 0 Å². The number of halogens is 5. The summed E-state index contributed by atoms with van der Waals surface area (Å²) >= 11 is 5.49. The molecule has 0 saturated carbocycles. The highest BCUT2D eigenvalue weighted by atomic mass is 35.5. The van der Waals surface area contributed by atoms with E-state index >= 15 is 0 Å². The fourth-order valence-electron chi connectivity index (χ4n) is 1.46. The summed E-state index contributed by atoms with van der Waals surface area (Å²) in [5, 5.41) is -0.188. The molecule has 10 heteroatoms. The van der Waals surface area contributed by atoms with Gasteiger partial charge in [0.25, 0.3) is 0 Å². The van der Waals surface area contributed by atoms with Crippen molar-refractivity contribution >= 4 is 34.0 Å². The molecule has 1 rings (SSSR count). The van der Waals surface area contributed by atoms with Gasteiger partial charge in [0.05, 0.1) is 10.5 Å². The van der Waals surface area contributed by atoms with Crippen LogP contribution in [0.4, 0.5) is 13.2 Å². The number of rotatable bonds is 5. The van der Waals surface area contributed by atoms with E-state index in [9.17, 15) is 21.6 Å². The summed E-state index contributed by atoms with van der Waals surface area (Å²) in [6.07, 6.45) is -4.50. The lowest BCUT2D eigenvalue weighted by atomic mass is 10.2. The zero-order valence-corrected chi connectivity index (χ0v) is 13.3. The zero-order chi connectivity index (χ0) is 15.6. The highest BCUT2D eigenvalue weighted by Crippen LogP contribution is 2.35. The van der Waals surface area contributed by atoms with E-state index in [1.807, 2.05) is 0 Å². The highest BCUT2D eigenvalue weighted by Gasteiger charge is 2.37. The molecule has 0 saturated heterocycles. The van der Waals surface area contributed by atoms with E-state index in [1.54, 1.807) is 6.92 Å². The van der Waals surface area contributed by atoms with Crippen LogP contribution in [0, 0.1) is 0 Å². The first kappa shape index (κ1) is 20.5. The van der Waals surface area contributed by atoms with E-state index in [1.165, 1.54) is 0 Å². The maximum absolute atomic E-state index is 12.8. The molecular weight excluding hydrogens is 352 g/mol. The van der Waals surface area contributed by atoms with E-state index < -0.39 is 26.7 Å². The fraction of sp³-hybridized carbons (Fsp3) is 0.455. The highest BCUT2D eigenvalue weighted by molar-refractivity contribution is 7.89. The summed E-state index contributed by atoms with van der Waals surface area (Å²) in [5.41, 5.74) is 4.15. The molecule has 4 nitrogen and oxygen atoms in total. The second-order valence-electron chi connectivity index (χ2n) is 4.30. The molecule has 21 heavy (non-hydrogen) atoms. The van der Waals surface area contributed by atoms with Crippen molar-refractivity contribution in [2.75, 3.05) is 6.54 Å². The molecule has 0 aliphatic rings. The number of hydrogen-bond acceptors (Lipinski definition) is 3. The van der Waals surface area contributed by atoms with Crippen molar-refractivity contribution in [2.45, 2.75) is 30.5 Å². The number of hydrogen-bond donors (Lipinski definition) is 2. The third kappa shape index (κ3) is 5.99. The fourth-order valence-corrected chi connectivity index (χ4v) is 2.88. The van der Waals surface area contributed by atoms with Gasteiger partial charge in [0.2, 0.25) is 10.0 Å². The first-order chi connectivity index (χ1) is 9.04. The van der Waals surface area contributed by atoms with Crippen LogP contribution in [0.3, 0.4) is 0 Å². The van der Waals surface area contributed by atoms with Gasteiger partial charge in [-0.3, -0.25) is 0 Å². The second kappa shape index (κ2) is 7.64. The van der Waals surface area contributed by atoms with Gasteiger partial charge >= 0.3 is 6.18 Å². The summed E-state index contributed by atoms with van der Waals surface area (Å²) in [6, 6.07) is 2.25. The SMILES string of the molecule is CC(N)CCNS(=O)(=O)c1ccc(Cl)cc1C(F)(F)F.Cl. The van der Waals surface area contributed by atoms with E-state index in [0.717, 1.165) is 12.1 Å². The first-order valence-corrected chi connectivity index (χ1v) is 7.52. The Balaban J connectivity index is 0.00000400. The third-order valence-corrected chi connectivity index (χ3v) is 4.18. The standard InChI is InChI=1S/C11H14ClF3N2O2S.ClH/c1-7(16)4-5-17-20(18,19)10-3-2-8(12)6-9(10)11(13,14)15;/h2-3,6-7,17H,4-5,16H2,1H3;1H. The minimum Gasteiger partial charge on any atom is -0.328 e. The van der Waals surface area contributed by atoms with Gasteiger partial charge in [-0.2, -0.15) is 13.2 Å². The molecule has 0 heterocycles. The van der Waals surface area contributed by atoms with Gasteiger partial charge in [-0.25, -0.2) is 13.1 Å². The lowest BCUT2D eigenvalue weighted by molar-refractivity contribution is -0.139. The molecule has 0 fully saturated rings. The topological polar surface area (TPSA) is 72.2 Å². The van der Waals surface area contributed by atoms with Crippen molar-refractivity contribution in [3.05, 3.63) is 28.8 Å². The Morgan fingerprint density at radius 1 is 1.38 bits per heavy atom. The molecule has 0 radical (unpaired) electrons. The van der Waals surface area contributed by atoms with Crippen LogP contribution < -0.4 is 10.5 Å². The number of benzene rings is 1. The lowest BCUT2D eigenvalue weighted by Gasteiger charge is -2.14. The molecule has 122 valence electrons. The van der Waals surface area contributed by atoms with Crippen molar-refractivity contribution in [3.63, 3.8) is 0 Å². The molecule has 0 aromatic heterocycles. The Kier molecular flexibility index (Phi) is 7.44. The van der Waals surface area contributed by atoms with Crippen molar-refractivity contribution in [1.82, 2.24) is 4.72 Å². The van der Waals surface area contributed by atoms with E-state index in [2.05, 4.69) is 4.72 Å². The van der Waals surface area contributed by atoms with Crippen LogP contribution in [-0.2, 0) is 16.2 Å².